The molecule has 0 radical (unpaired) electrons. The van der Waals surface area contributed by atoms with E-state index < -0.39 is 0 Å². The molecule has 3 heterocycles. The van der Waals surface area contributed by atoms with Gasteiger partial charge in [0, 0.05) is 44.6 Å². The molecular formula is C21H25N5O. The standard InChI is InChI=1S/C21H25N5O/c27-21(25-13-7-18(8-14-25)16-20-22-11-12-23-20)19-6-10-24-26(19)15-9-17-4-2-1-3-5-17/h1-6,10-12,18H,7-9,13-16H2,(H,22,23). The molecule has 3 aromatic rings. The van der Waals surface area contributed by atoms with Crippen molar-refractivity contribution in [3.8, 4) is 0 Å². The van der Waals surface area contributed by atoms with Crippen molar-refractivity contribution in [3.05, 3.63) is 72.1 Å². The van der Waals surface area contributed by atoms with Gasteiger partial charge in [0.15, 0.2) is 0 Å². The molecule has 2 aromatic heterocycles. The normalized spacial score (nSPS) is 15.2. The van der Waals surface area contributed by atoms with E-state index in [2.05, 4.69) is 27.2 Å². The first-order valence-corrected chi connectivity index (χ1v) is 9.63. The van der Waals surface area contributed by atoms with Crippen molar-refractivity contribution in [1.82, 2.24) is 24.6 Å². The Hall–Kier alpha value is -2.89. The van der Waals surface area contributed by atoms with Crippen LogP contribution in [-0.4, -0.2) is 43.6 Å². The van der Waals surface area contributed by atoms with Crippen LogP contribution in [0.15, 0.2) is 55.0 Å². The molecule has 1 N–H and O–H groups in total. The third kappa shape index (κ3) is 4.27. The summed E-state index contributed by atoms with van der Waals surface area (Å²) in [6.45, 7) is 2.31. The molecule has 1 amide bonds. The second kappa shape index (κ2) is 8.20. The van der Waals surface area contributed by atoms with Crippen LogP contribution in [0.5, 0.6) is 0 Å². The minimum Gasteiger partial charge on any atom is -0.349 e. The van der Waals surface area contributed by atoms with E-state index in [4.69, 9.17) is 0 Å². The van der Waals surface area contributed by atoms with Crippen molar-refractivity contribution in [3.63, 3.8) is 0 Å². The Bertz CT molecular complexity index is 848. The number of H-pyrrole nitrogens is 1. The quantitative estimate of drug-likeness (QED) is 0.732. The summed E-state index contributed by atoms with van der Waals surface area (Å²) in [7, 11) is 0. The number of rotatable bonds is 6. The molecule has 0 atom stereocenters. The molecule has 0 aliphatic carbocycles. The molecule has 1 saturated heterocycles. The Labute approximate surface area is 159 Å². The summed E-state index contributed by atoms with van der Waals surface area (Å²) in [4.78, 5) is 22.4. The van der Waals surface area contributed by atoms with Gasteiger partial charge in [-0.25, -0.2) is 4.98 Å². The third-order valence-electron chi connectivity index (χ3n) is 5.33. The van der Waals surface area contributed by atoms with Gasteiger partial charge in [-0.3, -0.25) is 9.48 Å². The van der Waals surface area contributed by atoms with Crippen molar-refractivity contribution in [2.45, 2.75) is 32.2 Å². The van der Waals surface area contributed by atoms with Gasteiger partial charge in [0.05, 0.1) is 0 Å². The molecule has 4 rings (SSSR count). The number of hydrogen-bond donors (Lipinski definition) is 1. The molecular weight excluding hydrogens is 338 g/mol. The number of benzene rings is 1. The number of aromatic nitrogens is 4. The highest BCUT2D eigenvalue weighted by Gasteiger charge is 2.26. The summed E-state index contributed by atoms with van der Waals surface area (Å²) in [6.07, 6.45) is 9.25. The van der Waals surface area contributed by atoms with E-state index in [0.717, 1.165) is 44.6 Å². The molecule has 0 saturated carbocycles. The first kappa shape index (κ1) is 17.5. The average molecular weight is 363 g/mol. The Balaban J connectivity index is 1.33. The number of amides is 1. The summed E-state index contributed by atoms with van der Waals surface area (Å²) in [5.41, 5.74) is 1.94. The molecule has 0 spiro atoms. The van der Waals surface area contributed by atoms with Crippen molar-refractivity contribution in [2.24, 2.45) is 5.92 Å². The van der Waals surface area contributed by atoms with Gasteiger partial charge in [0.1, 0.15) is 11.5 Å². The van der Waals surface area contributed by atoms with Crippen LogP contribution in [-0.2, 0) is 19.4 Å². The topological polar surface area (TPSA) is 66.8 Å². The largest absolute Gasteiger partial charge is 0.349 e. The van der Waals surface area contributed by atoms with E-state index >= 15 is 0 Å². The van der Waals surface area contributed by atoms with Crippen molar-refractivity contribution < 1.29 is 4.79 Å². The zero-order chi connectivity index (χ0) is 18.5. The van der Waals surface area contributed by atoms with E-state index in [1.165, 1.54) is 5.56 Å². The molecule has 1 aliphatic heterocycles. The predicted molar refractivity (Wildman–Crippen MR) is 103 cm³/mol. The van der Waals surface area contributed by atoms with Gasteiger partial charge in [-0.2, -0.15) is 5.10 Å². The van der Waals surface area contributed by atoms with Crippen molar-refractivity contribution in [2.75, 3.05) is 13.1 Å². The second-order valence-corrected chi connectivity index (χ2v) is 7.15. The molecule has 6 heteroatoms. The lowest BCUT2D eigenvalue weighted by atomic mass is 9.93. The van der Waals surface area contributed by atoms with Gasteiger partial charge in [0.25, 0.3) is 5.91 Å². The highest BCUT2D eigenvalue weighted by atomic mass is 16.2. The molecule has 0 unspecified atom stereocenters. The molecule has 0 bridgehead atoms. The number of nitrogens with one attached hydrogen (secondary N) is 1. The Kier molecular flexibility index (Phi) is 5.32. The van der Waals surface area contributed by atoms with E-state index in [1.54, 1.807) is 12.4 Å². The van der Waals surface area contributed by atoms with Crippen LogP contribution in [0.4, 0.5) is 0 Å². The number of imidazole rings is 1. The molecule has 1 aliphatic rings. The smallest absolute Gasteiger partial charge is 0.272 e. The van der Waals surface area contributed by atoms with E-state index in [-0.39, 0.29) is 5.91 Å². The number of aryl methyl sites for hydroxylation is 2. The van der Waals surface area contributed by atoms with E-state index in [0.29, 0.717) is 18.2 Å². The molecule has 140 valence electrons. The Morgan fingerprint density at radius 2 is 1.93 bits per heavy atom. The fourth-order valence-electron chi connectivity index (χ4n) is 3.76. The third-order valence-corrected chi connectivity index (χ3v) is 5.33. The number of nitrogens with zero attached hydrogens (tertiary/aromatic N) is 4. The highest BCUT2D eigenvalue weighted by Crippen LogP contribution is 2.22. The molecule has 27 heavy (non-hydrogen) atoms. The summed E-state index contributed by atoms with van der Waals surface area (Å²) < 4.78 is 1.84. The fraction of sp³-hybridized carbons (Fsp3) is 0.381. The minimum absolute atomic E-state index is 0.0945. The lowest BCUT2D eigenvalue weighted by Gasteiger charge is -2.31. The number of carbonyl (C=O) groups excluding carboxylic acids is 1. The first-order chi connectivity index (χ1) is 13.3. The molecule has 1 aromatic carbocycles. The average Bonchev–Trinajstić information content (AvgIpc) is 3.39. The van der Waals surface area contributed by atoms with Crippen LogP contribution >= 0.6 is 0 Å². The van der Waals surface area contributed by atoms with Crippen LogP contribution in [0.3, 0.4) is 0 Å². The summed E-state index contributed by atoms with van der Waals surface area (Å²) >= 11 is 0. The monoisotopic (exact) mass is 363 g/mol. The van der Waals surface area contributed by atoms with Gasteiger partial charge in [0.2, 0.25) is 0 Å². The fourth-order valence-corrected chi connectivity index (χ4v) is 3.76. The van der Waals surface area contributed by atoms with Crippen molar-refractivity contribution >= 4 is 5.91 Å². The summed E-state index contributed by atoms with van der Waals surface area (Å²) in [5.74, 6) is 1.72. The maximum atomic E-state index is 13.0. The molecule has 6 nitrogen and oxygen atoms in total. The summed E-state index contributed by atoms with van der Waals surface area (Å²) in [6, 6.07) is 12.1. The van der Waals surface area contributed by atoms with Crippen LogP contribution in [0.2, 0.25) is 0 Å². The van der Waals surface area contributed by atoms with Gasteiger partial charge in [-0.05, 0) is 36.8 Å². The van der Waals surface area contributed by atoms with Crippen LogP contribution in [0, 0.1) is 5.92 Å². The predicted octanol–water partition coefficient (Wildman–Crippen LogP) is 2.94. The Morgan fingerprint density at radius 3 is 2.67 bits per heavy atom. The van der Waals surface area contributed by atoms with Crippen LogP contribution in [0.25, 0.3) is 0 Å². The minimum atomic E-state index is 0.0945. The zero-order valence-electron chi connectivity index (χ0n) is 15.4. The Morgan fingerprint density at radius 1 is 1.11 bits per heavy atom. The molecule has 1 fully saturated rings. The van der Waals surface area contributed by atoms with Gasteiger partial charge in [-0.1, -0.05) is 30.3 Å². The SMILES string of the molecule is O=C(c1ccnn1CCc1ccccc1)N1CCC(Cc2ncc[nH]2)CC1. The van der Waals surface area contributed by atoms with Crippen LogP contribution in [0.1, 0.15) is 34.7 Å². The number of piperidine rings is 1. The van der Waals surface area contributed by atoms with E-state index in [9.17, 15) is 4.79 Å². The highest BCUT2D eigenvalue weighted by molar-refractivity contribution is 5.92. The van der Waals surface area contributed by atoms with Gasteiger partial charge < -0.3 is 9.88 Å². The van der Waals surface area contributed by atoms with Crippen molar-refractivity contribution in [1.29, 1.82) is 0 Å². The van der Waals surface area contributed by atoms with Gasteiger partial charge >= 0.3 is 0 Å². The number of likely N-dealkylation sites (tertiary alicyclic amines) is 1. The first-order valence-electron chi connectivity index (χ1n) is 9.63. The van der Waals surface area contributed by atoms with Crippen LogP contribution < -0.4 is 0 Å². The number of carbonyl (C=O) groups is 1. The maximum Gasteiger partial charge on any atom is 0.272 e. The van der Waals surface area contributed by atoms with Gasteiger partial charge in [-0.15, -0.1) is 0 Å². The number of hydrogen-bond acceptors (Lipinski definition) is 3. The number of aromatic amines is 1. The van der Waals surface area contributed by atoms with E-state index in [1.807, 2.05) is 40.0 Å². The summed E-state index contributed by atoms with van der Waals surface area (Å²) in [5, 5.41) is 4.37. The maximum absolute atomic E-state index is 13.0. The lowest BCUT2D eigenvalue weighted by Crippen LogP contribution is -2.40. The zero-order valence-corrected chi connectivity index (χ0v) is 15.4. The lowest BCUT2D eigenvalue weighted by molar-refractivity contribution is 0.0677. The second-order valence-electron chi connectivity index (χ2n) is 7.15.